The van der Waals surface area contributed by atoms with Gasteiger partial charge in [-0.05, 0) is 42.3 Å². The maximum atomic E-state index is 6.21. The molecule has 3 N–H and O–H groups in total. The predicted octanol–water partition coefficient (Wildman–Crippen LogP) is 4.18. The van der Waals surface area contributed by atoms with Crippen LogP contribution in [0.15, 0.2) is 41.4 Å². The Balaban J connectivity index is 2.04. The van der Waals surface area contributed by atoms with Gasteiger partial charge < -0.3 is 20.5 Å². The van der Waals surface area contributed by atoms with Crippen LogP contribution in [0.3, 0.4) is 0 Å². The number of nitrogens with two attached hydrogens (primary N) is 1. The van der Waals surface area contributed by atoms with E-state index in [0.717, 1.165) is 11.1 Å². The first-order chi connectivity index (χ1) is 11.9. The Hall–Kier alpha value is -2.11. The molecule has 0 heterocycles. The molecule has 5 nitrogen and oxygen atoms in total. The van der Waals surface area contributed by atoms with Crippen molar-refractivity contribution in [3.05, 3.63) is 57.6 Å². The van der Waals surface area contributed by atoms with Crippen LogP contribution in [0.25, 0.3) is 0 Å². The molecule has 134 valence electrons. The van der Waals surface area contributed by atoms with Gasteiger partial charge in [0.15, 0.2) is 17.5 Å². The third-order valence-electron chi connectivity index (χ3n) is 3.67. The Morgan fingerprint density at radius 3 is 2.48 bits per heavy atom. The molecule has 2 aromatic rings. The Morgan fingerprint density at radius 1 is 1.12 bits per heavy atom. The zero-order chi connectivity index (χ0) is 18.4. The summed E-state index contributed by atoms with van der Waals surface area (Å²) < 4.78 is 10.5. The zero-order valence-corrected chi connectivity index (χ0v) is 15.9. The van der Waals surface area contributed by atoms with Crippen LogP contribution in [0, 0.1) is 0 Å². The number of methoxy groups -OCH3 is 2. The molecule has 0 fully saturated rings. The Bertz CT molecular complexity index is 766. The first-order valence-corrected chi connectivity index (χ1v) is 8.42. The predicted molar refractivity (Wildman–Crippen MR) is 103 cm³/mol. The largest absolute Gasteiger partial charge is 0.493 e. The van der Waals surface area contributed by atoms with E-state index in [9.17, 15) is 0 Å². The highest BCUT2D eigenvalue weighted by Crippen LogP contribution is 2.28. The maximum Gasteiger partial charge on any atom is 0.189 e. The summed E-state index contributed by atoms with van der Waals surface area (Å²) in [7, 11) is 3.19. The fourth-order valence-electron chi connectivity index (χ4n) is 2.35. The van der Waals surface area contributed by atoms with Crippen molar-refractivity contribution in [3.8, 4) is 11.5 Å². The van der Waals surface area contributed by atoms with E-state index < -0.39 is 0 Å². The monoisotopic (exact) mass is 381 g/mol. The fourth-order valence-corrected chi connectivity index (χ4v) is 2.93. The third kappa shape index (κ3) is 5.18. The number of halogens is 2. The lowest BCUT2D eigenvalue weighted by atomic mass is 10.1. The summed E-state index contributed by atoms with van der Waals surface area (Å²) in [6, 6.07) is 10.9. The van der Waals surface area contributed by atoms with Crippen LogP contribution in [0.1, 0.15) is 24.1 Å². The quantitative estimate of drug-likeness (QED) is 0.581. The SMILES string of the molecule is COc1ccc(CN=C(N)NC(C)c2ccc(Cl)cc2Cl)cc1OC. The van der Waals surface area contributed by atoms with Crippen LogP contribution in [0.4, 0.5) is 0 Å². The number of hydrogen-bond donors (Lipinski definition) is 2. The first-order valence-electron chi connectivity index (χ1n) is 7.67. The molecule has 1 unspecified atom stereocenters. The van der Waals surface area contributed by atoms with Crippen LogP contribution in [-0.4, -0.2) is 20.2 Å². The summed E-state index contributed by atoms with van der Waals surface area (Å²) in [5, 5.41) is 4.30. The van der Waals surface area contributed by atoms with E-state index in [-0.39, 0.29) is 6.04 Å². The number of nitrogens with zero attached hydrogens (tertiary/aromatic N) is 1. The molecule has 2 rings (SSSR count). The molecule has 0 radical (unpaired) electrons. The highest BCUT2D eigenvalue weighted by atomic mass is 35.5. The fraction of sp³-hybridized carbons (Fsp3) is 0.278. The Morgan fingerprint density at radius 2 is 1.84 bits per heavy atom. The van der Waals surface area contributed by atoms with Gasteiger partial charge in [-0.25, -0.2) is 4.99 Å². The van der Waals surface area contributed by atoms with Crippen molar-refractivity contribution >= 4 is 29.2 Å². The van der Waals surface area contributed by atoms with Gasteiger partial charge in [-0.1, -0.05) is 35.3 Å². The number of rotatable bonds is 6. The van der Waals surface area contributed by atoms with E-state index in [4.69, 9.17) is 38.4 Å². The molecular formula is C18H21Cl2N3O2. The van der Waals surface area contributed by atoms with Crippen molar-refractivity contribution in [2.45, 2.75) is 19.5 Å². The summed E-state index contributed by atoms with van der Waals surface area (Å²) >= 11 is 12.1. The van der Waals surface area contributed by atoms with Gasteiger partial charge in [-0.15, -0.1) is 0 Å². The van der Waals surface area contributed by atoms with Crippen molar-refractivity contribution in [1.29, 1.82) is 0 Å². The number of nitrogens with one attached hydrogen (secondary N) is 1. The van der Waals surface area contributed by atoms with Crippen LogP contribution in [-0.2, 0) is 6.54 Å². The van der Waals surface area contributed by atoms with Crippen molar-refractivity contribution in [2.24, 2.45) is 10.7 Å². The van der Waals surface area contributed by atoms with Crippen molar-refractivity contribution in [1.82, 2.24) is 5.32 Å². The summed E-state index contributed by atoms with van der Waals surface area (Å²) in [6.07, 6.45) is 0. The van der Waals surface area contributed by atoms with Gasteiger partial charge in [0.25, 0.3) is 0 Å². The van der Waals surface area contributed by atoms with Gasteiger partial charge in [0.2, 0.25) is 0 Å². The Labute approximate surface area is 157 Å². The second-order valence-corrected chi connectivity index (χ2v) is 6.27. The molecule has 0 saturated heterocycles. The van der Waals surface area contributed by atoms with Gasteiger partial charge in [0.1, 0.15) is 0 Å². The molecule has 0 amide bonds. The maximum absolute atomic E-state index is 6.21. The van der Waals surface area contributed by atoms with Gasteiger partial charge in [0, 0.05) is 10.0 Å². The summed E-state index contributed by atoms with van der Waals surface area (Å²) in [5.41, 5.74) is 7.84. The van der Waals surface area contributed by atoms with E-state index in [1.165, 1.54) is 0 Å². The minimum atomic E-state index is -0.0982. The van der Waals surface area contributed by atoms with Crippen molar-refractivity contribution < 1.29 is 9.47 Å². The molecular weight excluding hydrogens is 361 g/mol. The molecule has 1 atom stereocenters. The van der Waals surface area contributed by atoms with E-state index in [0.29, 0.717) is 34.0 Å². The molecule has 0 spiro atoms. The van der Waals surface area contributed by atoms with Crippen LogP contribution >= 0.6 is 23.2 Å². The second-order valence-electron chi connectivity index (χ2n) is 5.42. The summed E-state index contributed by atoms with van der Waals surface area (Å²) in [4.78, 5) is 4.36. The van der Waals surface area contributed by atoms with Crippen LogP contribution < -0.4 is 20.5 Å². The highest BCUT2D eigenvalue weighted by molar-refractivity contribution is 6.35. The van der Waals surface area contributed by atoms with Gasteiger partial charge in [-0.3, -0.25) is 0 Å². The van der Waals surface area contributed by atoms with Crippen LogP contribution in [0.5, 0.6) is 11.5 Å². The number of hydrogen-bond acceptors (Lipinski definition) is 3. The summed E-state index contributed by atoms with van der Waals surface area (Å²) in [6.45, 7) is 2.37. The molecule has 0 aliphatic carbocycles. The highest BCUT2D eigenvalue weighted by Gasteiger charge is 2.11. The second kappa shape index (κ2) is 8.83. The van der Waals surface area contributed by atoms with Gasteiger partial charge in [0.05, 0.1) is 26.8 Å². The number of benzene rings is 2. The molecule has 0 bridgehead atoms. The standard InChI is InChI=1S/C18H21Cl2N3O2/c1-11(14-6-5-13(19)9-15(14)20)23-18(21)22-10-12-4-7-16(24-2)17(8-12)25-3/h4-9,11H,10H2,1-3H3,(H3,21,22,23). The van der Waals surface area contributed by atoms with Gasteiger partial charge in [-0.2, -0.15) is 0 Å². The number of guanidine groups is 1. The smallest absolute Gasteiger partial charge is 0.189 e. The minimum absolute atomic E-state index is 0.0982. The molecule has 2 aromatic carbocycles. The lowest BCUT2D eigenvalue weighted by molar-refractivity contribution is 0.354. The average molecular weight is 382 g/mol. The molecule has 25 heavy (non-hydrogen) atoms. The zero-order valence-electron chi connectivity index (χ0n) is 14.3. The molecule has 0 saturated carbocycles. The minimum Gasteiger partial charge on any atom is -0.493 e. The Kier molecular flexibility index (Phi) is 6.79. The van der Waals surface area contributed by atoms with E-state index in [2.05, 4.69) is 10.3 Å². The first kappa shape index (κ1) is 19.2. The lowest BCUT2D eigenvalue weighted by Gasteiger charge is -2.16. The molecule has 0 aromatic heterocycles. The number of ether oxygens (including phenoxy) is 2. The topological polar surface area (TPSA) is 68.9 Å². The third-order valence-corrected chi connectivity index (χ3v) is 4.24. The van der Waals surface area contributed by atoms with Gasteiger partial charge >= 0.3 is 0 Å². The van der Waals surface area contributed by atoms with E-state index >= 15 is 0 Å². The average Bonchev–Trinajstić information content (AvgIpc) is 2.59. The number of aliphatic imine (C=N–C) groups is 1. The molecule has 7 heteroatoms. The molecule has 0 aliphatic rings. The summed E-state index contributed by atoms with van der Waals surface area (Å²) in [5.74, 6) is 1.66. The van der Waals surface area contributed by atoms with Crippen LogP contribution in [0.2, 0.25) is 10.0 Å². The van der Waals surface area contributed by atoms with Crippen molar-refractivity contribution in [2.75, 3.05) is 14.2 Å². The van der Waals surface area contributed by atoms with E-state index in [1.54, 1.807) is 26.4 Å². The normalized spacial score (nSPS) is 12.6. The lowest BCUT2D eigenvalue weighted by Crippen LogP contribution is -2.34. The van der Waals surface area contributed by atoms with E-state index in [1.807, 2.05) is 31.2 Å². The molecule has 0 aliphatic heterocycles. The van der Waals surface area contributed by atoms with Crippen molar-refractivity contribution in [3.63, 3.8) is 0 Å².